The molecule has 0 unspecified atom stereocenters. The van der Waals surface area contributed by atoms with Gasteiger partial charge >= 0.3 is 5.69 Å². The molecule has 0 aliphatic carbocycles. The number of hydrogen-bond acceptors (Lipinski definition) is 7. The Kier molecular flexibility index (Phi) is 5.59. The summed E-state index contributed by atoms with van der Waals surface area (Å²) < 4.78 is 9.19. The first-order chi connectivity index (χ1) is 13.5. The van der Waals surface area contributed by atoms with E-state index >= 15 is 0 Å². The van der Waals surface area contributed by atoms with E-state index in [0.717, 1.165) is 15.9 Å². The molecule has 2 heterocycles. The lowest BCUT2D eigenvalue weighted by Gasteiger charge is -2.07. The van der Waals surface area contributed by atoms with Crippen LogP contribution in [0.1, 0.15) is 12.5 Å². The second kappa shape index (κ2) is 8.09. The summed E-state index contributed by atoms with van der Waals surface area (Å²) in [6.07, 6.45) is 1.59. The highest BCUT2D eigenvalue weighted by Crippen LogP contribution is 2.15. The molecule has 3 aromatic rings. The summed E-state index contributed by atoms with van der Waals surface area (Å²) in [4.78, 5) is 29.0. The van der Waals surface area contributed by atoms with Crippen LogP contribution in [0.4, 0.5) is 5.95 Å². The largest absolute Gasteiger partial charge is 0.494 e. The number of aliphatic hydroxyl groups is 1. The summed E-state index contributed by atoms with van der Waals surface area (Å²) in [7, 11) is 2.94. The molecule has 148 valence electrons. The topological polar surface area (TPSA) is 116 Å². The van der Waals surface area contributed by atoms with Crippen LogP contribution in [0.25, 0.3) is 11.2 Å². The molecule has 0 aliphatic heterocycles. The third kappa shape index (κ3) is 3.54. The number of hydrazone groups is 1. The lowest BCUT2D eigenvalue weighted by atomic mass is 10.2. The number of fused-ring (bicyclic) bond motifs is 1. The van der Waals surface area contributed by atoms with Crippen LogP contribution in [0.2, 0.25) is 0 Å². The van der Waals surface area contributed by atoms with Crippen molar-refractivity contribution in [2.24, 2.45) is 19.2 Å². The van der Waals surface area contributed by atoms with Gasteiger partial charge in [0.2, 0.25) is 5.95 Å². The van der Waals surface area contributed by atoms with E-state index in [2.05, 4.69) is 15.5 Å². The molecule has 2 N–H and O–H groups in total. The van der Waals surface area contributed by atoms with Crippen molar-refractivity contribution in [3.63, 3.8) is 0 Å². The van der Waals surface area contributed by atoms with Crippen molar-refractivity contribution in [3.8, 4) is 5.75 Å². The van der Waals surface area contributed by atoms with E-state index in [-0.39, 0.29) is 30.3 Å². The number of imidazole rings is 1. The van der Waals surface area contributed by atoms with Gasteiger partial charge < -0.3 is 14.4 Å². The molecule has 28 heavy (non-hydrogen) atoms. The Bertz CT molecular complexity index is 1120. The Morgan fingerprint density at radius 3 is 2.57 bits per heavy atom. The molecule has 10 nitrogen and oxygen atoms in total. The van der Waals surface area contributed by atoms with Gasteiger partial charge in [-0.05, 0) is 36.8 Å². The average molecular weight is 386 g/mol. The van der Waals surface area contributed by atoms with E-state index in [4.69, 9.17) is 4.74 Å². The molecule has 0 atom stereocenters. The van der Waals surface area contributed by atoms with Crippen molar-refractivity contribution >= 4 is 23.3 Å². The maximum atomic E-state index is 12.5. The van der Waals surface area contributed by atoms with Crippen molar-refractivity contribution in [1.82, 2.24) is 18.7 Å². The first kappa shape index (κ1) is 19.4. The first-order valence-corrected chi connectivity index (χ1v) is 8.77. The normalized spacial score (nSPS) is 11.4. The zero-order valence-electron chi connectivity index (χ0n) is 15.9. The van der Waals surface area contributed by atoms with Gasteiger partial charge in [0.15, 0.2) is 11.2 Å². The lowest BCUT2D eigenvalue weighted by Crippen LogP contribution is -2.37. The Morgan fingerprint density at radius 1 is 1.21 bits per heavy atom. The van der Waals surface area contributed by atoms with Crippen LogP contribution in [0, 0.1) is 0 Å². The number of rotatable bonds is 7. The van der Waals surface area contributed by atoms with Crippen LogP contribution in [-0.4, -0.2) is 43.2 Å². The van der Waals surface area contributed by atoms with Gasteiger partial charge in [0.05, 0.1) is 19.4 Å². The summed E-state index contributed by atoms with van der Waals surface area (Å²) in [5.74, 6) is 1.03. The van der Waals surface area contributed by atoms with E-state index in [9.17, 15) is 14.7 Å². The Hall–Kier alpha value is -3.40. The Balaban J connectivity index is 1.95. The van der Waals surface area contributed by atoms with Crippen molar-refractivity contribution in [2.45, 2.75) is 13.5 Å². The third-order valence-electron chi connectivity index (χ3n) is 4.24. The highest BCUT2D eigenvalue weighted by Gasteiger charge is 2.18. The molecule has 0 radical (unpaired) electrons. The number of anilines is 1. The fourth-order valence-corrected chi connectivity index (χ4v) is 2.83. The fourth-order valence-electron chi connectivity index (χ4n) is 2.83. The number of aliphatic hydroxyl groups excluding tert-OH is 1. The predicted molar refractivity (Wildman–Crippen MR) is 106 cm³/mol. The summed E-state index contributed by atoms with van der Waals surface area (Å²) in [6, 6.07) is 7.38. The van der Waals surface area contributed by atoms with Crippen molar-refractivity contribution in [1.29, 1.82) is 0 Å². The summed E-state index contributed by atoms with van der Waals surface area (Å²) in [5, 5.41) is 13.5. The number of nitrogens with zero attached hydrogens (tertiary/aromatic N) is 5. The van der Waals surface area contributed by atoms with E-state index < -0.39 is 11.2 Å². The number of ether oxygens (including phenoxy) is 1. The third-order valence-corrected chi connectivity index (χ3v) is 4.24. The summed E-state index contributed by atoms with van der Waals surface area (Å²) in [6.45, 7) is 2.44. The Morgan fingerprint density at radius 2 is 1.93 bits per heavy atom. The van der Waals surface area contributed by atoms with Gasteiger partial charge in [0.25, 0.3) is 5.56 Å². The molecule has 3 rings (SSSR count). The van der Waals surface area contributed by atoms with Gasteiger partial charge in [-0.2, -0.15) is 10.1 Å². The van der Waals surface area contributed by atoms with Crippen molar-refractivity contribution in [2.75, 3.05) is 18.6 Å². The van der Waals surface area contributed by atoms with E-state index in [1.165, 1.54) is 23.2 Å². The second-order valence-corrected chi connectivity index (χ2v) is 6.06. The zero-order chi connectivity index (χ0) is 20.3. The SMILES string of the molecule is CCOc1ccc(/C=N/Nc2nc3c(c(=O)n(C)c(=O)n3C)n2CCO)cc1. The number of aromatic nitrogens is 4. The number of hydrogen-bond donors (Lipinski definition) is 2. The minimum Gasteiger partial charge on any atom is -0.494 e. The minimum atomic E-state index is -0.484. The molecule has 0 saturated carbocycles. The van der Waals surface area contributed by atoms with Crippen LogP contribution in [-0.2, 0) is 20.6 Å². The molecule has 0 aliphatic rings. The molecular weight excluding hydrogens is 364 g/mol. The van der Waals surface area contributed by atoms with Crippen LogP contribution in [0.3, 0.4) is 0 Å². The maximum absolute atomic E-state index is 12.5. The van der Waals surface area contributed by atoms with E-state index in [0.29, 0.717) is 6.61 Å². The van der Waals surface area contributed by atoms with Crippen LogP contribution < -0.4 is 21.4 Å². The number of nitrogens with one attached hydrogen (secondary N) is 1. The highest BCUT2D eigenvalue weighted by atomic mass is 16.5. The van der Waals surface area contributed by atoms with Crippen LogP contribution >= 0.6 is 0 Å². The monoisotopic (exact) mass is 386 g/mol. The second-order valence-electron chi connectivity index (χ2n) is 6.06. The lowest BCUT2D eigenvalue weighted by molar-refractivity contribution is 0.278. The highest BCUT2D eigenvalue weighted by molar-refractivity contribution is 5.80. The standard InChI is InChI=1S/C18H22N6O4/c1-4-28-13-7-5-12(6-8-13)11-19-21-17-20-15-14(24(17)9-10-25)16(26)23(3)18(27)22(15)2/h5-8,11,25H,4,9-10H2,1-3H3,(H,20,21)/b19-11+. The zero-order valence-corrected chi connectivity index (χ0v) is 15.9. The molecule has 0 fully saturated rings. The van der Waals surface area contributed by atoms with Crippen LogP contribution in [0.5, 0.6) is 5.75 Å². The van der Waals surface area contributed by atoms with Gasteiger partial charge in [0.1, 0.15) is 5.75 Å². The van der Waals surface area contributed by atoms with E-state index in [1.54, 1.807) is 6.21 Å². The predicted octanol–water partition coefficient (Wildman–Crippen LogP) is 0.271. The van der Waals surface area contributed by atoms with Gasteiger partial charge in [-0.3, -0.25) is 13.9 Å². The first-order valence-electron chi connectivity index (χ1n) is 8.77. The molecule has 2 aromatic heterocycles. The molecule has 10 heteroatoms. The number of benzene rings is 1. The summed E-state index contributed by atoms with van der Waals surface area (Å²) >= 11 is 0. The molecule has 0 saturated heterocycles. The van der Waals surface area contributed by atoms with Crippen molar-refractivity contribution in [3.05, 3.63) is 50.7 Å². The maximum Gasteiger partial charge on any atom is 0.332 e. The van der Waals surface area contributed by atoms with E-state index in [1.807, 2.05) is 31.2 Å². The average Bonchev–Trinajstić information content (AvgIpc) is 3.05. The van der Waals surface area contributed by atoms with Crippen LogP contribution in [0.15, 0.2) is 39.0 Å². The van der Waals surface area contributed by atoms with Gasteiger partial charge in [-0.1, -0.05) is 0 Å². The molecule has 0 bridgehead atoms. The quantitative estimate of drug-likeness (QED) is 0.445. The number of aryl methyl sites for hydroxylation is 1. The summed E-state index contributed by atoms with van der Waals surface area (Å²) in [5.41, 5.74) is 3.10. The molecule has 0 spiro atoms. The smallest absolute Gasteiger partial charge is 0.332 e. The van der Waals surface area contributed by atoms with Gasteiger partial charge in [-0.15, -0.1) is 0 Å². The fraction of sp³-hybridized carbons (Fsp3) is 0.333. The van der Waals surface area contributed by atoms with Crippen molar-refractivity contribution < 1.29 is 9.84 Å². The van der Waals surface area contributed by atoms with Gasteiger partial charge in [0, 0.05) is 20.6 Å². The minimum absolute atomic E-state index is 0.130. The molecular formula is C18H22N6O4. The molecule has 1 aromatic carbocycles. The molecule has 0 amide bonds. The van der Waals surface area contributed by atoms with Gasteiger partial charge in [-0.25, -0.2) is 10.2 Å². The Labute approximate surface area is 160 Å².